The average Bonchev–Trinajstić information content (AvgIpc) is 2.79. The van der Waals surface area contributed by atoms with Gasteiger partial charge < -0.3 is 9.77 Å². The van der Waals surface area contributed by atoms with E-state index in [1.807, 2.05) is 42.6 Å². The van der Waals surface area contributed by atoms with E-state index < -0.39 is 0 Å². The van der Waals surface area contributed by atoms with Gasteiger partial charge in [-0.2, -0.15) is 0 Å². The quantitative estimate of drug-likeness (QED) is 0.431. The number of hydrogen-bond donors (Lipinski definition) is 1. The zero-order valence-corrected chi connectivity index (χ0v) is 10.4. The molecule has 1 N–H and O–H groups in total. The molecule has 0 bridgehead atoms. The lowest BCUT2D eigenvalue weighted by Gasteiger charge is -2.05. The molecule has 0 aliphatic rings. The molecule has 3 aromatic rings. The largest absolute Gasteiger partial charge is 0.411 e. The van der Waals surface area contributed by atoms with Gasteiger partial charge in [0.05, 0.1) is 6.21 Å². The first-order valence-corrected chi connectivity index (χ1v) is 6.18. The number of para-hydroxylation sites is 1. The lowest BCUT2D eigenvalue weighted by molar-refractivity contribution is 0.322. The number of rotatable bonds is 3. The third-order valence-electron chi connectivity index (χ3n) is 3.21. The molecule has 3 rings (SSSR count). The Morgan fingerprint density at radius 1 is 1.00 bits per heavy atom. The number of fused-ring (bicyclic) bond motifs is 1. The second-order valence-corrected chi connectivity index (χ2v) is 4.46. The zero-order valence-electron chi connectivity index (χ0n) is 10.4. The Hall–Kier alpha value is -2.55. The van der Waals surface area contributed by atoms with Crippen molar-refractivity contribution in [3.05, 3.63) is 71.9 Å². The van der Waals surface area contributed by atoms with Gasteiger partial charge in [-0.1, -0.05) is 53.7 Å². The van der Waals surface area contributed by atoms with Crippen LogP contribution in [0, 0.1) is 0 Å². The molecule has 0 spiro atoms. The van der Waals surface area contributed by atoms with Gasteiger partial charge >= 0.3 is 0 Å². The first-order chi connectivity index (χ1) is 9.38. The molecule has 94 valence electrons. The van der Waals surface area contributed by atoms with E-state index in [9.17, 15) is 0 Å². The summed E-state index contributed by atoms with van der Waals surface area (Å²) in [5.74, 6) is 0. The van der Waals surface area contributed by atoms with Crippen molar-refractivity contribution in [2.75, 3.05) is 0 Å². The first kappa shape index (κ1) is 11.5. The molecular weight excluding hydrogens is 236 g/mol. The molecule has 0 radical (unpaired) electrons. The molecule has 3 nitrogen and oxygen atoms in total. The number of benzene rings is 2. The summed E-state index contributed by atoms with van der Waals surface area (Å²) in [6.45, 7) is 0.806. The highest BCUT2D eigenvalue weighted by atomic mass is 16.4. The van der Waals surface area contributed by atoms with Gasteiger partial charge in [0.1, 0.15) is 0 Å². The predicted molar refractivity (Wildman–Crippen MR) is 76.9 cm³/mol. The van der Waals surface area contributed by atoms with E-state index in [0.29, 0.717) is 0 Å². The van der Waals surface area contributed by atoms with Crippen LogP contribution in [0.25, 0.3) is 10.9 Å². The van der Waals surface area contributed by atoms with Crippen LogP contribution in [-0.4, -0.2) is 16.0 Å². The summed E-state index contributed by atoms with van der Waals surface area (Å²) in [7, 11) is 0. The fourth-order valence-electron chi connectivity index (χ4n) is 2.35. The van der Waals surface area contributed by atoms with Crippen molar-refractivity contribution in [1.82, 2.24) is 4.57 Å². The summed E-state index contributed by atoms with van der Waals surface area (Å²) in [4.78, 5) is 0. The normalized spacial score (nSPS) is 11.4. The topological polar surface area (TPSA) is 37.5 Å². The van der Waals surface area contributed by atoms with E-state index >= 15 is 0 Å². The van der Waals surface area contributed by atoms with Gasteiger partial charge in [0.15, 0.2) is 0 Å². The van der Waals surface area contributed by atoms with Crippen LogP contribution in [-0.2, 0) is 6.54 Å². The van der Waals surface area contributed by atoms with Gasteiger partial charge in [0, 0.05) is 29.2 Å². The van der Waals surface area contributed by atoms with Gasteiger partial charge in [0.2, 0.25) is 0 Å². The lowest BCUT2D eigenvalue weighted by atomic mass is 10.2. The Balaban J connectivity index is 2.09. The van der Waals surface area contributed by atoms with Crippen LogP contribution in [0.1, 0.15) is 11.1 Å². The SMILES string of the molecule is O/N=C\c1cn(Cc2ccccc2)c2ccccc12. The van der Waals surface area contributed by atoms with Crippen LogP contribution in [0.15, 0.2) is 65.9 Å². The molecule has 0 unspecified atom stereocenters. The Kier molecular flexibility index (Phi) is 3.02. The van der Waals surface area contributed by atoms with Crippen LogP contribution in [0.4, 0.5) is 0 Å². The first-order valence-electron chi connectivity index (χ1n) is 6.18. The molecule has 0 fully saturated rings. The molecule has 2 aromatic carbocycles. The predicted octanol–water partition coefficient (Wildman–Crippen LogP) is 3.50. The minimum Gasteiger partial charge on any atom is -0.411 e. The van der Waals surface area contributed by atoms with Crippen LogP contribution in [0.2, 0.25) is 0 Å². The third-order valence-corrected chi connectivity index (χ3v) is 3.21. The van der Waals surface area contributed by atoms with Crippen molar-refractivity contribution in [2.24, 2.45) is 5.16 Å². The monoisotopic (exact) mass is 250 g/mol. The highest BCUT2D eigenvalue weighted by Crippen LogP contribution is 2.21. The molecule has 1 aromatic heterocycles. The molecule has 1 heterocycles. The minimum atomic E-state index is 0.806. The summed E-state index contributed by atoms with van der Waals surface area (Å²) < 4.78 is 2.17. The summed E-state index contributed by atoms with van der Waals surface area (Å²) in [6.07, 6.45) is 3.49. The molecular formula is C16H14N2O. The van der Waals surface area contributed by atoms with Crippen LogP contribution in [0.3, 0.4) is 0 Å². The third kappa shape index (κ3) is 2.22. The maximum absolute atomic E-state index is 8.74. The summed E-state index contributed by atoms with van der Waals surface area (Å²) in [5.41, 5.74) is 3.31. The molecule has 0 amide bonds. The molecule has 0 saturated heterocycles. The van der Waals surface area contributed by atoms with Crippen molar-refractivity contribution < 1.29 is 5.21 Å². The fourth-order valence-corrected chi connectivity index (χ4v) is 2.35. The Morgan fingerprint density at radius 3 is 2.53 bits per heavy atom. The highest BCUT2D eigenvalue weighted by Gasteiger charge is 2.06. The smallest absolute Gasteiger partial charge is 0.0755 e. The number of aromatic nitrogens is 1. The maximum Gasteiger partial charge on any atom is 0.0755 e. The standard InChI is InChI=1S/C16H14N2O/c19-17-10-14-12-18(11-13-6-2-1-3-7-13)16-9-5-4-8-15(14)16/h1-10,12,19H,11H2/b17-10-. The van der Waals surface area contributed by atoms with E-state index in [2.05, 4.69) is 27.9 Å². The van der Waals surface area contributed by atoms with Crippen molar-refractivity contribution >= 4 is 17.1 Å². The summed E-state index contributed by atoms with van der Waals surface area (Å²) >= 11 is 0. The van der Waals surface area contributed by atoms with E-state index in [0.717, 1.165) is 23.0 Å². The van der Waals surface area contributed by atoms with Crippen LogP contribution >= 0.6 is 0 Å². The van der Waals surface area contributed by atoms with Crippen LogP contribution in [0.5, 0.6) is 0 Å². The molecule has 0 aliphatic heterocycles. The van der Waals surface area contributed by atoms with E-state index in [1.54, 1.807) is 0 Å². The van der Waals surface area contributed by atoms with Crippen molar-refractivity contribution in [1.29, 1.82) is 0 Å². The van der Waals surface area contributed by atoms with Crippen molar-refractivity contribution in [2.45, 2.75) is 6.54 Å². The summed E-state index contributed by atoms with van der Waals surface area (Å²) in [6, 6.07) is 18.4. The summed E-state index contributed by atoms with van der Waals surface area (Å²) in [5, 5.41) is 13.0. The maximum atomic E-state index is 8.74. The van der Waals surface area contributed by atoms with Crippen molar-refractivity contribution in [3.8, 4) is 0 Å². The van der Waals surface area contributed by atoms with E-state index in [-0.39, 0.29) is 0 Å². The molecule has 0 aliphatic carbocycles. The molecule has 0 saturated carbocycles. The van der Waals surface area contributed by atoms with Gasteiger partial charge in [-0.25, -0.2) is 0 Å². The Morgan fingerprint density at radius 2 is 1.74 bits per heavy atom. The van der Waals surface area contributed by atoms with Gasteiger partial charge in [-0.15, -0.1) is 0 Å². The zero-order chi connectivity index (χ0) is 13.1. The number of oxime groups is 1. The molecule has 0 atom stereocenters. The number of nitrogens with zero attached hydrogens (tertiary/aromatic N) is 2. The van der Waals surface area contributed by atoms with Gasteiger partial charge in [0.25, 0.3) is 0 Å². The molecule has 3 heteroatoms. The molecule has 19 heavy (non-hydrogen) atoms. The van der Waals surface area contributed by atoms with Crippen LogP contribution < -0.4 is 0 Å². The Bertz CT molecular complexity index is 714. The lowest BCUT2D eigenvalue weighted by Crippen LogP contribution is -1.97. The highest BCUT2D eigenvalue weighted by molar-refractivity contribution is 5.99. The second kappa shape index (κ2) is 4.98. The van der Waals surface area contributed by atoms with E-state index in [4.69, 9.17) is 5.21 Å². The fraction of sp³-hybridized carbons (Fsp3) is 0.0625. The minimum absolute atomic E-state index is 0.806. The average molecular weight is 250 g/mol. The second-order valence-electron chi connectivity index (χ2n) is 4.46. The van der Waals surface area contributed by atoms with Gasteiger partial charge in [-0.05, 0) is 11.6 Å². The Labute approximate surface area is 111 Å². The van der Waals surface area contributed by atoms with Gasteiger partial charge in [-0.3, -0.25) is 0 Å². The number of hydrogen-bond acceptors (Lipinski definition) is 2. The van der Waals surface area contributed by atoms with E-state index in [1.165, 1.54) is 11.8 Å². The van der Waals surface area contributed by atoms with Crippen molar-refractivity contribution in [3.63, 3.8) is 0 Å².